The molecule has 8 rings (SSSR count). The van der Waals surface area contributed by atoms with Gasteiger partial charge in [-0.15, -0.1) is 0 Å². The molecule has 256 valence electrons. The van der Waals surface area contributed by atoms with E-state index in [1.54, 1.807) is 55.6 Å². The number of hydrogen-bond acceptors (Lipinski definition) is 3. The van der Waals surface area contributed by atoms with Crippen molar-refractivity contribution in [1.29, 1.82) is 0 Å². The van der Waals surface area contributed by atoms with Crippen molar-refractivity contribution in [1.82, 2.24) is 4.98 Å². The topological polar surface area (TPSA) is 63.2 Å². The molecule has 6 aromatic carbocycles. The third kappa shape index (κ3) is 6.47. The number of urea groups is 1. The van der Waals surface area contributed by atoms with Crippen LogP contribution in [0, 0.1) is 0 Å². The van der Waals surface area contributed by atoms with Gasteiger partial charge in [0.1, 0.15) is 5.75 Å². The molecule has 8 heteroatoms. The third-order valence-corrected chi connectivity index (χ3v) is 9.42. The van der Waals surface area contributed by atoms with Crippen molar-refractivity contribution in [3.8, 4) is 39.3 Å². The number of aromatic nitrogens is 1. The molecule has 1 heterocycles. The van der Waals surface area contributed by atoms with Crippen LogP contribution in [-0.4, -0.2) is 18.1 Å². The standard InChI is InChI=1S/C44H32F3N3O2/c1-52-33-16-8-15-32(25-33)49-43(51)48-31-14-7-13-29(23-31)36-26-41(50-42-35(36)18-9-19-40(42)44(45,46)47)39-22-28(20-27-10-3-2-4-11-27)21-37-34-17-6-5-12-30(34)24-38(37)39/h2-19,21-23,25-26H,20,24H2,1H3,(H2,48,49,51). The zero-order chi connectivity index (χ0) is 35.8. The van der Waals surface area contributed by atoms with E-state index in [2.05, 4.69) is 47.0 Å². The molecule has 0 aliphatic heterocycles. The van der Waals surface area contributed by atoms with E-state index in [9.17, 15) is 18.0 Å². The fraction of sp³-hybridized carbons (Fsp3) is 0.0909. The van der Waals surface area contributed by atoms with Gasteiger partial charge in [0, 0.05) is 28.4 Å². The average Bonchev–Trinajstić information content (AvgIpc) is 3.52. The van der Waals surface area contributed by atoms with Gasteiger partial charge in [-0.3, -0.25) is 0 Å². The van der Waals surface area contributed by atoms with Gasteiger partial charge >= 0.3 is 12.2 Å². The highest BCUT2D eigenvalue weighted by Crippen LogP contribution is 2.45. The molecule has 0 spiro atoms. The number of pyridine rings is 1. The molecule has 2 amide bonds. The number of methoxy groups -OCH3 is 1. The second-order valence-electron chi connectivity index (χ2n) is 12.8. The summed E-state index contributed by atoms with van der Waals surface area (Å²) >= 11 is 0. The summed E-state index contributed by atoms with van der Waals surface area (Å²) in [5.74, 6) is 0.596. The molecule has 2 N–H and O–H groups in total. The first kappa shape index (κ1) is 32.8. The maximum absolute atomic E-state index is 14.6. The van der Waals surface area contributed by atoms with E-state index in [1.165, 1.54) is 11.6 Å². The van der Waals surface area contributed by atoms with Crippen LogP contribution in [0.5, 0.6) is 5.75 Å². The minimum atomic E-state index is -4.63. The third-order valence-electron chi connectivity index (χ3n) is 9.42. The number of amides is 2. The number of fused-ring (bicyclic) bond motifs is 4. The van der Waals surface area contributed by atoms with Crippen LogP contribution in [0.2, 0.25) is 0 Å². The normalized spacial score (nSPS) is 11.9. The van der Waals surface area contributed by atoms with Crippen LogP contribution in [0.4, 0.5) is 29.3 Å². The second kappa shape index (κ2) is 13.4. The van der Waals surface area contributed by atoms with Crippen molar-refractivity contribution in [2.75, 3.05) is 17.7 Å². The van der Waals surface area contributed by atoms with Crippen LogP contribution in [0.15, 0.2) is 140 Å². The molecule has 0 unspecified atom stereocenters. The lowest BCUT2D eigenvalue weighted by Crippen LogP contribution is -2.19. The van der Waals surface area contributed by atoms with Gasteiger partial charge in [-0.05, 0) is 99.8 Å². The summed E-state index contributed by atoms with van der Waals surface area (Å²) in [4.78, 5) is 17.8. The quantitative estimate of drug-likeness (QED) is 0.175. The molecule has 0 fully saturated rings. The van der Waals surface area contributed by atoms with E-state index in [-0.39, 0.29) is 5.52 Å². The summed E-state index contributed by atoms with van der Waals surface area (Å²) in [5, 5.41) is 6.01. The number of halogens is 3. The van der Waals surface area contributed by atoms with Gasteiger partial charge in [-0.25, -0.2) is 9.78 Å². The smallest absolute Gasteiger partial charge is 0.418 e. The van der Waals surface area contributed by atoms with Crippen LogP contribution in [0.3, 0.4) is 0 Å². The summed E-state index contributed by atoms with van der Waals surface area (Å²) in [6, 6.07) is 42.2. The Morgan fingerprint density at radius 3 is 2.19 bits per heavy atom. The summed E-state index contributed by atoms with van der Waals surface area (Å²) in [7, 11) is 1.55. The maximum atomic E-state index is 14.6. The minimum Gasteiger partial charge on any atom is -0.497 e. The number of carbonyl (C=O) groups excluding carboxylic acids is 1. The fourth-order valence-electron chi connectivity index (χ4n) is 7.07. The van der Waals surface area contributed by atoms with Gasteiger partial charge in [0.2, 0.25) is 0 Å². The first-order chi connectivity index (χ1) is 25.2. The molecule has 52 heavy (non-hydrogen) atoms. The molecule has 1 aromatic heterocycles. The van der Waals surface area contributed by atoms with E-state index in [4.69, 9.17) is 9.72 Å². The molecular formula is C44H32F3N3O2. The van der Waals surface area contributed by atoms with Crippen LogP contribution < -0.4 is 15.4 Å². The number of nitrogens with one attached hydrogen (secondary N) is 2. The first-order valence-electron chi connectivity index (χ1n) is 16.9. The SMILES string of the molecule is COc1cccc(NC(=O)Nc2cccc(-c3cc(-c4cc(Cc5ccccc5)cc5c4Cc4ccccc4-5)nc4c(C(F)(F)F)cccc34)c2)c1. The van der Waals surface area contributed by atoms with Crippen molar-refractivity contribution in [3.05, 3.63) is 167 Å². The number of hydrogen-bond donors (Lipinski definition) is 2. The lowest BCUT2D eigenvalue weighted by molar-refractivity contribution is -0.136. The number of rotatable bonds is 7. The molecule has 0 bridgehead atoms. The largest absolute Gasteiger partial charge is 0.497 e. The Balaban J connectivity index is 1.27. The molecule has 5 nitrogen and oxygen atoms in total. The number of carbonyl (C=O) groups is 1. The van der Waals surface area contributed by atoms with Crippen molar-refractivity contribution in [2.45, 2.75) is 19.0 Å². The fourth-order valence-corrected chi connectivity index (χ4v) is 7.07. The Morgan fingerprint density at radius 2 is 1.40 bits per heavy atom. The van der Waals surface area contributed by atoms with Crippen LogP contribution in [0.25, 0.3) is 44.4 Å². The van der Waals surface area contributed by atoms with Gasteiger partial charge in [0.25, 0.3) is 0 Å². The number of anilines is 2. The Labute approximate surface area is 298 Å². The van der Waals surface area contributed by atoms with E-state index in [0.29, 0.717) is 52.2 Å². The summed E-state index contributed by atoms with van der Waals surface area (Å²) in [5.41, 5.74) is 9.09. The van der Waals surface area contributed by atoms with Crippen LogP contribution in [-0.2, 0) is 19.0 Å². The summed E-state index contributed by atoms with van der Waals surface area (Å²) < 4.78 is 49.1. The first-order valence-corrected chi connectivity index (χ1v) is 16.9. The van der Waals surface area contributed by atoms with Crippen LogP contribution in [0.1, 0.15) is 27.8 Å². The molecule has 1 aliphatic rings. The zero-order valence-electron chi connectivity index (χ0n) is 28.1. The number of ether oxygens (including phenoxy) is 1. The van der Waals surface area contributed by atoms with E-state index >= 15 is 0 Å². The zero-order valence-corrected chi connectivity index (χ0v) is 28.1. The highest BCUT2D eigenvalue weighted by Gasteiger charge is 2.34. The lowest BCUT2D eigenvalue weighted by Gasteiger charge is -2.18. The molecule has 0 saturated carbocycles. The van der Waals surface area contributed by atoms with E-state index < -0.39 is 17.8 Å². The second-order valence-corrected chi connectivity index (χ2v) is 12.8. The summed E-state index contributed by atoms with van der Waals surface area (Å²) in [6.07, 6.45) is -3.33. The Morgan fingerprint density at radius 1 is 0.692 bits per heavy atom. The van der Waals surface area contributed by atoms with E-state index in [1.807, 2.05) is 42.5 Å². The molecule has 7 aromatic rings. The monoisotopic (exact) mass is 691 g/mol. The maximum Gasteiger partial charge on any atom is 0.418 e. The van der Waals surface area contributed by atoms with Gasteiger partial charge in [0.05, 0.1) is 23.9 Å². The molecule has 0 atom stereocenters. The number of alkyl halides is 3. The molecule has 1 aliphatic carbocycles. The van der Waals surface area contributed by atoms with Gasteiger partial charge in [-0.1, -0.05) is 91.0 Å². The molecule has 0 saturated heterocycles. The number of nitrogens with zero attached hydrogens (tertiary/aromatic N) is 1. The Hall–Kier alpha value is -6.41. The number of para-hydroxylation sites is 1. The lowest BCUT2D eigenvalue weighted by atomic mass is 9.91. The predicted molar refractivity (Wildman–Crippen MR) is 201 cm³/mol. The van der Waals surface area contributed by atoms with E-state index in [0.717, 1.165) is 39.4 Å². The van der Waals surface area contributed by atoms with Crippen molar-refractivity contribution < 1.29 is 22.7 Å². The molecule has 0 radical (unpaired) electrons. The van der Waals surface area contributed by atoms with Crippen molar-refractivity contribution in [2.24, 2.45) is 0 Å². The van der Waals surface area contributed by atoms with Crippen molar-refractivity contribution in [3.63, 3.8) is 0 Å². The summed E-state index contributed by atoms with van der Waals surface area (Å²) in [6.45, 7) is 0. The van der Waals surface area contributed by atoms with Gasteiger partial charge < -0.3 is 15.4 Å². The highest BCUT2D eigenvalue weighted by molar-refractivity contribution is 6.02. The average molecular weight is 692 g/mol. The minimum absolute atomic E-state index is 0.130. The van der Waals surface area contributed by atoms with Gasteiger partial charge in [-0.2, -0.15) is 13.2 Å². The Bertz CT molecular complexity index is 2480. The number of benzene rings is 6. The predicted octanol–water partition coefficient (Wildman–Crippen LogP) is 11.4. The Kier molecular flexibility index (Phi) is 8.43. The molecular weight excluding hydrogens is 659 g/mol. The van der Waals surface area contributed by atoms with Gasteiger partial charge in [0.15, 0.2) is 0 Å². The highest BCUT2D eigenvalue weighted by atomic mass is 19.4. The van der Waals surface area contributed by atoms with Crippen molar-refractivity contribution >= 4 is 28.3 Å². The van der Waals surface area contributed by atoms with Crippen LogP contribution >= 0.6 is 0 Å².